The van der Waals surface area contributed by atoms with E-state index in [0.29, 0.717) is 25.3 Å². The lowest BCUT2D eigenvalue weighted by molar-refractivity contribution is -0.143. The highest BCUT2D eigenvalue weighted by Gasteiger charge is 2.11. The van der Waals surface area contributed by atoms with E-state index in [9.17, 15) is 14.4 Å². The molecule has 1 amide bonds. The molecule has 1 N–H and O–H groups in total. The van der Waals surface area contributed by atoms with Crippen molar-refractivity contribution in [2.24, 2.45) is 0 Å². The van der Waals surface area contributed by atoms with Crippen molar-refractivity contribution in [3.8, 4) is 0 Å². The van der Waals surface area contributed by atoms with Gasteiger partial charge >= 0.3 is 5.97 Å². The third-order valence-electron chi connectivity index (χ3n) is 3.26. The van der Waals surface area contributed by atoms with Crippen LogP contribution in [0.5, 0.6) is 0 Å². The molecular formula is C17H20N2O5. The van der Waals surface area contributed by atoms with Gasteiger partial charge in [-0.3, -0.25) is 14.4 Å². The second-order valence-electron chi connectivity index (χ2n) is 5.10. The van der Waals surface area contributed by atoms with E-state index in [2.05, 4.69) is 5.32 Å². The van der Waals surface area contributed by atoms with E-state index in [4.69, 9.17) is 9.15 Å². The highest BCUT2D eigenvalue weighted by molar-refractivity contribution is 5.91. The van der Waals surface area contributed by atoms with Crippen LogP contribution in [0.3, 0.4) is 0 Å². The van der Waals surface area contributed by atoms with Crippen molar-refractivity contribution in [3.05, 3.63) is 58.4 Å². The number of hydrogen-bond acceptors (Lipinski definition) is 5. The number of pyridine rings is 1. The quantitative estimate of drug-likeness (QED) is 0.585. The topological polar surface area (TPSA) is 90.5 Å². The number of nitrogens with one attached hydrogen (secondary N) is 1. The molecule has 0 aromatic carbocycles. The molecule has 0 aliphatic heterocycles. The number of amides is 1. The molecule has 0 aliphatic rings. The molecule has 2 heterocycles. The van der Waals surface area contributed by atoms with Gasteiger partial charge in [0.05, 0.1) is 13.2 Å². The number of rotatable bonds is 8. The van der Waals surface area contributed by atoms with Gasteiger partial charge < -0.3 is 19.0 Å². The number of nitrogens with zero attached hydrogens (tertiary/aromatic N) is 1. The summed E-state index contributed by atoms with van der Waals surface area (Å²) < 4.78 is 11.7. The van der Waals surface area contributed by atoms with Gasteiger partial charge in [-0.1, -0.05) is 6.07 Å². The minimum absolute atomic E-state index is 0.140. The van der Waals surface area contributed by atoms with Crippen LogP contribution < -0.4 is 10.9 Å². The first-order valence-electron chi connectivity index (χ1n) is 7.78. The zero-order valence-corrected chi connectivity index (χ0v) is 13.5. The van der Waals surface area contributed by atoms with Crippen LogP contribution in [0, 0.1) is 0 Å². The Morgan fingerprint density at radius 1 is 1.25 bits per heavy atom. The van der Waals surface area contributed by atoms with Gasteiger partial charge in [-0.15, -0.1) is 0 Å². The molecule has 2 aromatic heterocycles. The Balaban J connectivity index is 1.82. The molecule has 0 unspecified atom stereocenters. The second kappa shape index (κ2) is 8.71. The average molecular weight is 332 g/mol. The van der Waals surface area contributed by atoms with Crippen LogP contribution in [0.4, 0.5) is 0 Å². The first-order chi connectivity index (χ1) is 11.6. The average Bonchev–Trinajstić information content (AvgIpc) is 3.02. The number of carbonyl (C=O) groups is 2. The number of furan rings is 1. The molecule has 128 valence electrons. The van der Waals surface area contributed by atoms with E-state index in [-0.39, 0.29) is 36.2 Å². The maximum Gasteiger partial charge on any atom is 0.305 e. The SMILES string of the molecule is CCOC(=O)CCCNC(=O)c1ccc(Cn2ccccc2=O)o1. The fourth-order valence-electron chi connectivity index (χ4n) is 2.10. The van der Waals surface area contributed by atoms with Gasteiger partial charge in [-0.25, -0.2) is 0 Å². The Labute approximate surface area is 139 Å². The van der Waals surface area contributed by atoms with Gasteiger partial charge in [0.2, 0.25) is 0 Å². The lowest BCUT2D eigenvalue weighted by Gasteiger charge is -2.04. The number of esters is 1. The van der Waals surface area contributed by atoms with E-state index in [1.165, 1.54) is 10.6 Å². The smallest absolute Gasteiger partial charge is 0.305 e. The highest BCUT2D eigenvalue weighted by atomic mass is 16.5. The molecule has 0 atom stereocenters. The van der Waals surface area contributed by atoms with Gasteiger partial charge in [-0.2, -0.15) is 0 Å². The molecular weight excluding hydrogens is 312 g/mol. The Morgan fingerprint density at radius 3 is 2.83 bits per heavy atom. The Kier molecular flexibility index (Phi) is 6.36. The summed E-state index contributed by atoms with van der Waals surface area (Å²) in [5, 5.41) is 2.68. The maximum absolute atomic E-state index is 12.0. The standard InChI is InChI=1S/C17H20N2O5/c1-2-23-16(21)7-5-10-18-17(22)14-9-8-13(24-14)12-19-11-4-3-6-15(19)20/h3-4,6,8-9,11H,2,5,7,10,12H2,1H3,(H,18,22). The largest absolute Gasteiger partial charge is 0.466 e. The van der Waals surface area contributed by atoms with Crippen LogP contribution in [0.25, 0.3) is 0 Å². The predicted octanol–water partition coefficient (Wildman–Crippen LogP) is 1.56. The van der Waals surface area contributed by atoms with Crippen LogP contribution in [0.2, 0.25) is 0 Å². The first kappa shape index (κ1) is 17.5. The lowest BCUT2D eigenvalue weighted by atomic mass is 10.3. The number of ether oxygens (including phenoxy) is 1. The summed E-state index contributed by atoms with van der Waals surface area (Å²) in [5.74, 6) is 0.0518. The van der Waals surface area contributed by atoms with E-state index < -0.39 is 0 Å². The van der Waals surface area contributed by atoms with Crippen molar-refractivity contribution in [1.29, 1.82) is 0 Å². The van der Waals surface area contributed by atoms with Crippen molar-refractivity contribution < 1.29 is 18.7 Å². The minimum atomic E-state index is -0.356. The van der Waals surface area contributed by atoms with Crippen molar-refractivity contribution in [1.82, 2.24) is 9.88 Å². The third kappa shape index (κ3) is 5.12. The third-order valence-corrected chi connectivity index (χ3v) is 3.26. The molecule has 0 bridgehead atoms. The molecule has 2 aromatic rings. The number of aromatic nitrogens is 1. The zero-order chi connectivity index (χ0) is 17.4. The van der Waals surface area contributed by atoms with Gasteiger partial charge in [-0.05, 0) is 31.5 Å². The summed E-state index contributed by atoms with van der Waals surface area (Å²) in [5.41, 5.74) is -0.140. The Morgan fingerprint density at radius 2 is 2.08 bits per heavy atom. The number of carbonyl (C=O) groups excluding carboxylic acids is 2. The molecule has 7 nitrogen and oxygen atoms in total. The van der Waals surface area contributed by atoms with Crippen LogP contribution in [0.1, 0.15) is 36.1 Å². The predicted molar refractivity (Wildman–Crippen MR) is 86.7 cm³/mol. The molecule has 24 heavy (non-hydrogen) atoms. The second-order valence-corrected chi connectivity index (χ2v) is 5.10. The van der Waals surface area contributed by atoms with Gasteiger partial charge in [0.1, 0.15) is 5.76 Å². The van der Waals surface area contributed by atoms with E-state index in [1.54, 1.807) is 37.4 Å². The monoisotopic (exact) mass is 332 g/mol. The molecule has 0 radical (unpaired) electrons. The van der Waals surface area contributed by atoms with Crippen LogP contribution in [-0.2, 0) is 16.1 Å². The lowest BCUT2D eigenvalue weighted by Crippen LogP contribution is -2.24. The summed E-state index contributed by atoms with van der Waals surface area (Å²) in [6, 6.07) is 8.09. The molecule has 7 heteroatoms. The summed E-state index contributed by atoms with van der Waals surface area (Å²) in [6.45, 7) is 2.71. The molecule has 0 spiro atoms. The minimum Gasteiger partial charge on any atom is -0.466 e. The van der Waals surface area contributed by atoms with Crippen LogP contribution in [0.15, 0.2) is 45.7 Å². The van der Waals surface area contributed by atoms with E-state index in [1.807, 2.05) is 0 Å². The molecule has 0 aliphatic carbocycles. The summed E-state index contributed by atoms with van der Waals surface area (Å²) in [4.78, 5) is 34.8. The van der Waals surface area contributed by atoms with Crippen LogP contribution in [-0.4, -0.2) is 29.6 Å². The fraction of sp³-hybridized carbons (Fsp3) is 0.353. The normalized spacial score (nSPS) is 10.4. The summed E-state index contributed by atoms with van der Waals surface area (Å²) in [6.07, 6.45) is 2.41. The molecule has 0 fully saturated rings. The Bertz CT molecular complexity index is 747. The molecule has 2 rings (SSSR count). The van der Waals surface area contributed by atoms with Crippen molar-refractivity contribution >= 4 is 11.9 Å². The number of hydrogen-bond donors (Lipinski definition) is 1. The van der Waals surface area contributed by atoms with Crippen molar-refractivity contribution in [3.63, 3.8) is 0 Å². The van der Waals surface area contributed by atoms with E-state index in [0.717, 1.165) is 0 Å². The van der Waals surface area contributed by atoms with Gasteiger partial charge in [0.25, 0.3) is 11.5 Å². The Hall–Kier alpha value is -2.83. The van der Waals surface area contributed by atoms with Crippen molar-refractivity contribution in [2.45, 2.75) is 26.3 Å². The first-order valence-corrected chi connectivity index (χ1v) is 7.78. The summed E-state index contributed by atoms with van der Waals surface area (Å²) in [7, 11) is 0. The summed E-state index contributed by atoms with van der Waals surface area (Å²) >= 11 is 0. The fourth-order valence-corrected chi connectivity index (χ4v) is 2.10. The molecule has 0 saturated carbocycles. The zero-order valence-electron chi connectivity index (χ0n) is 13.5. The molecule has 0 saturated heterocycles. The van der Waals surface area contributed by atoms with Gasteiger partial charge in [0, 0.05) is 25.2 Å². The van der Waals surface area contributed by atoms with Crippen molar-refractivity contribution in [2.75, 3.05) is 13.2 Å². The maximum atomic E-state index is 12.0. The highest BCUT2D eigenvalue weighted by Crippen LogP contribution is 2.09. The van der Waals surface area contributed by atoms with E-state index >= 15 is 0 Å². The van der Waals surface area contributed by atoms with Gasteiger partial charge in [0.15, 0.2) is 5.76 Å². The van der Waals surface area contributed by atoms with Crippen LogP contribution >= 0.6 is 0 Å².